The summed E-state index contributed by atoms with van der Waals surface area (Å²) in [7, 11) is 1.72. The zero-order chi connectivity index (χ0) is 13.7. The highest BCUT2D eigenvalue weighted by Crippen LogP contribution is 2.34. The van der Waals surface area contributed by atoms with Crippen molar-refractivity contribution in [1.82, 2.24) is 0 Å². The van der Waals surface area contributed by atoms with Crippen LogP contribution in [0.3, 0.4) is 0 Å². The third kappa shape index (κ3) is 3.41. The maximum Gasteiger partial charge on any atom is 0.125 e. The molecule has 1 fully saturated rings. The first-order valence-electron chi connectivity index (χ1n) is 7.41. The number of anilines is 1. The van der Waals surface area contributed by atoms with E-state index >= 15 is 0 Å². The van der Waals surface area contributed by atoms with Gasteiger partial charge in [-0.1, -0.05) is 25.3 Å². The summed E-state index contributed by atoms with van der Waals surface area (Å²) in [5, 5.41) is 0. The predicted molar refractivity (Wildman–Crippen MR) is 80.9 cm³/mol. The van der Waals surface area contributed by atoms with Crippen LogP contribution in [0.2, 0.25) is 0 Å². The Labute approximate surface area is 116 Å². The number of methoxy groups -OCH3 is 1. The number of nitrogens with zero attached hydrogens (tertiary/aromatic N) is 1. The van der Waals surface area contributed by atoms with E-state index in [-0.39, 0.29) is 6.04 Å². The molecule has 2 N–H and O–H groups in total. The van der Waals surface area contributed by atoms with Gasteiger partial charge in [0.15, 0.2) is 0 Å². The minimum Gasteiger partial charge on any atom is -0.496 e. The van der Waals surface area contributed by atoms with Crippen molar-refractivity contribution < 1.29 is 4.74 Å². The Morgan fingerprint density at radius 3 is 2.32 bits per heavy atom. The van der Waals surface area contributed by atoms with E-state index in [1.807, 2.05) is 13.0 Å². The molecule has 1 unspecified atom stereocenters. The molecule has 3 nitrogen and oxygen atoms in total. The summed E-state index contributed by atoms with van der Waals surface area (Å²) in [5.41, 5.74) is 8.57. The molecule has 0 spiro atoms. The van der Waals surface area contributed by atoms with Crippen molar-refractivity contribution in [3.05, 3.63) is 23.8 Å². The Hall–Kier alpha value is -1.22. The maximum atomic E-state index is 6.16. The topological polar surface area (TPSA) is 38.5 Å². The van der Waals surface area contributed by atoms with E-state index in [1.54, 1.807) is 7.11 Å². The minimum atomic E-state index is -0.00316. The molecule has 106 valence electrons. The lowest BCUT2D eigenvalue weighted by atomic mass is 10.0. The summed E-state index contributed by atoms with van der Waals surface area (Å²) in [6.07, 6.45) is 6.61. The molecular weight excluding hydrogens is 236 g/mol. The van der Waals surface area contributed by atoms with Crippen LogP contribution in [-0.4, -0.2) is 20.2 Å². The van der Waals surface area contributed by atoms with Crippen molar-refractivity contribution in [3.63, 3.8) is 0 Å². The standard InChI is InChI=1S/C16H26N2O/c1-13(17)16-14(9-8-10-15(16)19-2)18-11-6-4-3-5-7-12-18/h8-10,13H,3-7,11-12,17H2,1-2H3. The number of ether oxygens (including phenoxy) is 1. The Bertz CT molecular complexity index is 396. The van der Waals surface area contributed by atoms with Gasteiger partial charge in [0.2, 0.25) is 0 Å². The summed E-state index contributed by atoms with van der Waals surface area (Å²) < 4.78 is 5.49. The van der Waals surface area contributed by atoms with Gasteiger partial charge in [-0.2, -0.15) is 0 Å². The predicted octanol–water partition coefficient (Wildman–Crippen LogP) is 3.49. The van der Waals surface area contributed by atoms with Crippen molar-refractivity contribution in [3.8, 4) is 5.75 Å². The van der Waals surface area contributed by atoms with Gasteiger partial charge in [-0.05, 0) is 31.9 Å². The van der Waals surface area contributed by atoms with Crippen LogP contribution < -0.4 is 15.4 Å². The van der Waals surface area contributed by atoms with E-state index in [2.05, 4.69) is 17.0 Å². The van der Waals surface area contributed by atoms with Crippen molar-refractivity contribution in [1.29, 1.82) is 0 Å². The molecule has 1 aromatic rings. The number of hydrogen-bond acceptors (Lipinski definition) is 3. The average molecular weight is 262 g/mol. The van der Waals surface area contributed by atoms with Crippen LogP contribution in [0.1, 0.15) is 50.6 Å². The molecule has 0 aromatic heterocycles. The van der Waals surface area contributed by atoms with Gasteiger partial charge in [-0.15, -0.1) is 0 Å². The molecule has 3 heteroatoms. The second-order valence-electron chi connectivity index (χ2n) is 5.44. The molecular formula is C16H26N2O. The summed E-state index contributed by atoms with van der Waals surface area (Å²) >= 11 is 0. The van der Waals surface area contributed by atoms with E-state index in [1.165, 1.54) is 37.8 Å². The molecule has 1 saturated heterocycles. The minimum absolute atomic E-state index is 0.00316. The van der Waals surface area contributed by atoms with Gasteiger partial charge < -0.3 is 15.4 Å². The van der Waals surface area contributed by atoms with Crippen LogP contribution in [0.4, 0.5) is 5.69 Å². The van der Waals surface area contributed by atoms with E-state index < -0.39 is 0 Å². The fraction of sp³-hybridized carbons (Fsp3) is 0.625. The van der Waals surface area contributed by atoms with Crippen LogP contribution in [0.25, 0.3) is 0 Å². The van der Waals surface area contributed by atoms with Crippen molar-refractivity contribution >= 4 is 5.69 Å². The molecule has 0 amide bonds. The number of hydrogen-bond donors (Lipinski definition) is 1. The van der Waals surface area contributed by atoms with Crippen molar-refractivity contribution in [2.75, 3.05) is 25.1 Å². The lowest BCUT2D eigenvalue weighted by Crippen LogP contribution is -2.29. The summed E-state index contributed by atoms with van der Waals surface area (Å²) in [5.74, 6) is 0.912. The van der Waals surface area contributed by atoms with E-state index in [0.717, 1.165) is 24.4 Å². The maximum absolute atomic E-state index is 6.16. The molecule has 0 saturated carbocycles. The average Bonchev–Trinajstić information content (AvgIpc) is 2.37. The first-order chi connectivity index (χ1) is 9.24. The lowest BCUT2D eigenvalue weighted by Gasteiger charge is -2.30. The Kier molecular flexibility index (Phi) is 5.08. The zero-order valence-electron chi connectivity index (χ0n) is 12.2. The zero-order valence-corrected chi connectivity index (χ0v) is 12.2. The Balaban J connectivity index is 2.30. The second kappa shape index (κ2) is 6.80. The lowest BCUT2D eigenvalue weighted by molar-refractivity contribution is 0.406. The highest BCUT2D eigenvalue weighted by atomic mass is 16.5. The van der Waals surface area contributed by atoms with Crippen LogP contribution >= 0.6 is 0 Å². The molecule has 1 heterocycles. The second-order valence-corrected chi connectivity index (χ2v) is 5.44. The van der Waals surface area contributed by atoms with Gasteiger partial charge in [0.05, 0.1) is 7.11 Å². The summed E-state index contributed by atoms with van der Waals surface area (Å²) in [6, 6.07) is 6.25. The van der Waals surface area contributed by atoms with E-state index in [9.17, 15) is 0 Å². The van der Waals surface area contributed by atoms with Crippen LogP contribution in [0.5, 0.6) is 5.75 Å². The summed E-state index contributed by atoms with van der Waals surface area (Å²) in [4.78, 5) is 2.49. The van der Waals surface area contributed by atoms with Crippen LogP contribution in [-0.2, 0) is 0 Å². The molecule has 2 rings (SSSR count). The fourth-order valence-corrected chi connectivity index (χ4v) is 2.93. The molecule has 1 aliphatic rings. The van der Waals surface area contributed by atoms with Gasteiger partial charge in [-0.3, -0.25) is 0 Å². The molecule has 0 radical (unpaired) electrons. The normalized spacial score (nSPS) is 18.6. The number of benzene rings is 1. The Morgan fingerprint density at radius 2 is 1.74 bits per heavy atom. The van der Waals surface area contributed by atoms with Gasteiger partial charge in [0.25, 0.3) is 0 Å². The van der Waals surface area contributed by atoms with E-state index in [0.29, 0.717) is 0 Å². The van der Waals surface area contributed by atoms with Gasteiger partial charge >= 0.3 is 0 Å². The molecule has 1 aromatic carbocycles. The van der Waals surface area contributed by atoms with Gasteiger partial charge in [0, 0.05) is 30.4 Å². The molecule has 0 aliphatic carbocycles. The SMILES string of the molecule is COc1cccc(N2CCCCCCC2)c1C(C)N. The van der Waals surface area contributed by atoms with Crippen LogP contribution in [0.15, 0.2) is 18.2 Å². The van der Waals surface area contributed by atoms with E-state index in [4.69, 9.17) is 10.5 Å². The number of rotatable bonds is 3. The highest BCUT2D eigenvalue weighted by molar-refractivity contribution is 5.60. The van der Waals surface area contributed by atoms with Crippen LogP contribution in [0, 0.1) is 0 Å². The summed E-state index contributed by atoms with van der Waals surface area (Å²) in [6.45, 7) is 4.30. The van der Waals surface area contributed by atoms with Gasteiger partial charge in [-0.25, -0.2) is 0 Å². The largest absolute Gasteiger partial charge is 0.496 e. The quantitative estimate of drug-likeness (QED) is 0.906. The fourth-order valence-electron chi connectivity index (χ4n) is 2.93. The molecule has 1 aliphatic heterocycles. The molecule has 19 heavy (non-hydrogen) atoms. The first kappa shape index (κ1) is 14.2. The Morgan fingerprint density at radius 1 is 1.11 bits per heavy atom. The van der Waals surface area contributed by atoms with Crippen molar-refractivity contribution in [2.45, 2.75) is 45.1 Å². The van der Waals surface area contributed by atoms with Gasteiger partial charge in [0.1, 0.15) is 5.75 Å². The number of nitrogens with two attached hydrogens (primary N) is 1. The smallest absolute Gasteiger partial charge is 0.125 e. The highest BCUT2D eigenvalue weighted by Gasteiger charge is 2.18. The molecule has 0 bridgehead atoms. The third-order valence-corrected chi connectivity index (χ3v) is 3.92. The monoisotopic (exact) mass is 262 g/mol. The third-order valence-electron chi connectivity index (χ3n) is 3.92. The first-order valence-corrected chi connectivity index (χ1v) is 7.41. The van der Waals surface area contributed by atoms with Crippen molar-refractivity contribution in [2.24, 2.45) is 5.73 Å². The molecule has 1 atom stereocenters.